The minimum Gasteiger partial charge on any atom is -0.346 e. The maximum Gasteiger partial charge on any atom is 0.405 e. The van der Waals surface area contributed by atoms with E-state index >= 15 is 0 Å². The molecule has 1 N–H and O–H groups in total. The molecule has 0 atom stereocenters. The summed E-state index contributed by atoms with van der Waals surface area (Å²) in [5, 5.41) is 1.91. The molecule has 0 heterocycles. The van der Waals surface area contributed by atoms with Gasteiger partial charge < -0.3 is 5.32 Å². The third-order valence-corrected chi connectivity index (χ3v) is 5.59. The first-order valence-electron chi connectivity index (χ1n) is 7.81. The summed E-state index contributed by atoms with van der Waals surface area (Å²) in [6.45, 7) is -2.78. The first kappa shape index (κ1) is 22.1. The number of benzene rings is 2. The fourth-order valence-electron chi connectivity index (χ4n) is 2.19. The van der Waals surface area contributed by atoms with Crippen LogP contribution >= 0.6 is 11.6 Å². The molecule has 2 aromatic rings. The van der Waals surface area contributed by atoms with Crippen molar-refractivity contribution >= 4 is 27.5 Å². The van der Waals surface area contributed by atoms with E-state index in [9.17, 15) is 30.8 Å². The van der Waals surface area contributed by atoms with E-state index < -0.39 is 41.0 Å². The van der Waals surface area contributed by atoms with Gasteiger partial charge in [0.2, 0.25) is 15.9 Å². The van der Waals surface area contributed by atoms with Crippen LogP contribution in [0, 0.1) is 5.82 Å². The number of sulfonamides is 1. The first-order valence-corrected chi connectivity index (χ1v) is 9.63. The SMILES string of the molecule is O=C(CN(Cc1ccc(F)cc1)S(=O)(=O)c1ccc(Cl)cc1)NCC(F)(F)F. The van der Waals surface area contributed by atoms with Crippen LogP contribution in [-0.2, 0) is 21.4 Å². The molecule has 0 unspecified atom stereocenters. The maximum atomic E-state index is 13.1. The average Bonchev–Trinajstić information content (AvgIpc) is 2.61. The molecule has 0 saturated heterocycles. The second-order valence-electron chi connectivity index (χ2n) is 5.75. The van der Waals surface area contributed by atoms with Crippen LogP contribution in [0.15, 0.2) is 53.4 Å². The number of nitrogens with one attached hydrogen (secondary N) is 1. The minimum atomic E-state index is -4.63. The van der Waals surface area contributed by atoms with E-state index in [0.29, 0.717) is 9.87 Å². The summed E-state index contributed by atoms with van der Waals surface area (Å²) in [5.41, 5.74) is 0.350. The molecule has 0 aromatic heterocycles. The van der Waals surface area contributed by atoms with E-state index in [4.69, 9.17) is 11.6 Å². The van der Waals surface area contributed by atoms with Gasteiger partial charge in [0.1, 0.15) is 12.4 Å². The van der Waals surface area contributed by atoms with Crippen molar-refractivity contribution in [2.75, 3.05) is 13.1 Å². The summed E-state index contributed by atoms with van der Waals surface area (Å²) in [7, 11) is -4.24. The molecule has 0 saturated carbocycles. The number of alkyl halides is 3. The van der Waals surface area contributed by atoms with Gasteiger partial charge in [-0.1, -0.05) is 23.7 Å². The Balaban J connectivity index is 2.28. The molecule has 0 aliphatic rings. The van der Waals surface area contributed by atoms with Crippen LogP contribution < -0.4 is 5.32 Å². The van der Waals surface area contributed by atoms with Crippen LogP contribution in [0.5, 0.6) is 0 Å². The Hall–Kier alpha value is -2.17. The number of carbonyl (C=O) groups excluding carboxylic acids is 1. The third-order valence-electron chi connectivity index (χ3n) is 3.53. The van der Waals surface area contributed by atoms with E-state index in [1.54, 1.807) is 5.32 Å². The quantitative estimate of drug-likeness (QED) is 0.674. The summed E-state index contributed by atoms with van der Waals surface area (Å²) in [5.74, 6) is -1.67. The molecule has 11 heteroatoms. The minimum absolute atomic E-state index is 0.192. The topological polar surface area (TPSA) is 66.5 Å². The molecule has 28 heavy (non-hydrogen) atoms. The Bertz CT molecular complexity index is 917. The largest absolute Gasteiger partial charge is 0.405 e. The van der Waals surface area contributed by atoms with Crippen LogP contribution in [0.25, 0.3) is 0 Å². The van der Waals surface area contributed by atoms with Crippen LogP contribution in [0.3, 0.4) is 0 Å². The number of nitrogens with zero attached hydrogens (tertiary/aromatic N) is 1. The molecule has 0 spiro atoms. The lowest BCUT2D eigenvalue weighted by atomic mass is 10.2. The monoisotopic (exact) mass is 438 g/mol. The molecule has 0 aliphatic heterocycles. The Morgan fingerprint density at radius 3 is 2.14 bits per heavy atom. The van der Waals surface area contributed by atoms with Crippen molar-refractivity contribution in [2.45, 2.75) is 17.6 Å². The molecule has 2 rings (SSSR count). The molecule has 1 amide bonds. The third kappa shape index (κ3) is 6.47. The molecule has 0 fully saturated rings. The zero-order chi connectivity index (χ0) is 20.9. The standard InChI is InChI=1S/C17H15ClF4N2O3S/c18-13-3-7-15(8-4-13)28(26,27)24(9-12-1-5-14(19)6-2-12)10-16(25)23-11-17(20,21)22/h1-8H,9-11H2,(H,23,25). The highest BCUT2D eigenvalue weighted by Crippen LogP contribution is 2.21. The van der Waals surface area contributed by atoms with Gasteiger partial charge in [0.05, 0.1) is 11.4 Å². The Morgan fingerprint density at radius 2 is 1.61 bits per heavy atom. The normalized spacial score (nSPS) is 12.2. The van der Waals surface area contributed by atoms with Crippen LogP contribution in [0.1, 0.15) is 5.56 Å². The van der Waals surface area contributed by atoms with Crippen molar-refractivity contribution in [1.82, 2.24) is 9.62 Å². The summed E-state index contributed by atoms with van der Waals surface area (Å²) >= 11 is 5.74. The number of hydrogen-bond acceptors (Lipinski definition) is 3. The van der Waals surface area contributed by atoms with Crippen molar-refractivity contribution < 1.29 is 30.8 Å². The summed E-state index contributed by atoms with van der Waals surface area (Å²) < 4.78 is 76.3. The molecule has 0 radical (unpaired) electrons. The molecular weight excluding hydrogens is 424 g/mol. The zero-order valence-corrected chi connectivity index (χ0v) is 15.8. The second-order valence-corrected chi connectivity index (χ2v) is 8.12. The average molecular weight is 439 g/mol. The Morgan fingerprint density at radius 1 is 1.04 bits per heavy atom. The predicted octanol–water partition coefficient (Wildman–Crippen LogP) is 3.35. The van der Waals surface area contributed by atoms with E-state index in [2.05, 4.69) is 0 Å². The van der Waals surface area contributed by atoms with E-state index in [0.717, 1.165) is 12.1 Å². The van der Waals surface area contributed by atoms with Gasteiger partial charge in [0, 0.05) is 11.6 Å². The van der Waals surface area contributed by atoms with Gasteiger partial charge in [-0.2, -0.15) is 17.5 Å². The van der Waals surface area contributed by atoms with E-state index in [1.807, 2.05) is 0 Å². The van der Waals surface area contributed by atoms with Gasteiger partial charge in [-0.25, -0.2) is 12.8 Å². The van der Waals surface area contributed by atoms with Crippen molar-refractivity contribution in [1.29, 1.82) is 0 Å². The summed E-state index contributed by atoms with van der Waals surface area (Å²) in [4.78, 5) is 11.7. The molecule has 5 nitrogen and oxygen atoms in total. The number of carbonyl (C=O) groups is 1. The lowest BCUT2D eigenvalue weighted by Gasteiger charge is -2.22. The molecule has 0 bridgehead atoms. The number of halogens is 5. The predicted molar refractivity (Wildman–Crippen MR) is 94.5 cm³/mol. The summed E-state index contributed by atoms with van der Waals surface area (Å²) in [6, 6.07) is 9.91. The van der Waals surface area contributed by atoms with E-state index in [-0.39, 0.29) is 16.5 Å². The highest BCUT2D eigenvalue weighted by Gasteiger charge is 2.30. The molecular formula is C17H15ClF4N2O3S. The smallest absolute Gasteiger partial charge is 0.346 e. The number of hydrogen-bond donors (Lipinski definition) is 1. The van der Waals surface area contributed by atoms with E-state index in [1.165, 1.54) is 36.4 Å². The fraction of sp³-hybridized carbons (Fsp3) is 0.235. The van der Waals surface area contributed by atoms with Gasteiger partial charge >= 0.3 is 6.18 Å². The summed E-state index contributed by atoms with van der Waals surface area (Å²) in [6.07, 6.45) is -4.63. The van der Waals surface area contributed by atoms with Gasteiger partial charge in [-0.3, -0.25) is 4.79 Å². The van der Waals surface area contributed by atoms with Crippen molar-refractivity contribution in [3.63, 3.8) is 0 Å². The van der Waals surface area contributed by atoms with Crippen molar-refractivity contribution in [3.05, 3.63) is 64.9 Å². The van der Waals surface area contributed by atoms with Crippen LogP contribution in [-0.4, -0.2) is 37.9 Å². The molecule has 0 aliphatic carbocycles. The lowest BCUT2D eigenvalue weighted by Crippen LogP contribution is -2.43. The van der Waals surface area contributed by atoms with Gasteiger partial charge in [0.15, 0.2) is 0 Å². The highest BCUT2D eigenvalue weighted by atomic mass is 35.5. The molecule has 152 valence electrons. The Kier molecular flexibility index (Phi) is 7.02. The Labute approximate surface area is 164 Å². The molecule has 2 aromatic carbocycles. The lowest BCUT2D eigenvalue weighted by molar-refractivity contribution is -0.138. The van der Waals surface area contributed by atoms with Crippen molar-refractivity contribution in [2.24, 2.45) is 0 Å². The van der Waals surface area contributed by atoms with Crippen LogP contribution in [0.4, 0.5) is 17.6 Å². The number of rotatable bonds is 7. The van der Waals surface area contributed by atoms with Gasteiger partial charge in [0.25, 0.3) is 0 Å². The first-order chi connectivity index (χ1) is 13.0. The number of amides is 1. The van der Waals surface area contributed by atoms with Crippen molar-refractivity contribution in [3.8, 4) is 0 Å². The van der Waals surface area contributed by atoms with Gasteiger partial charge in [-0.05, 0) is 42.0 Å². The van der Waals surface area contributed by atoms with Crippen LogP contribution in [0.2, 0.25) is 5.02 Å². The maximum absolute atomic E-state index is 13.1. The fourth-order valence-corrected chi connectivity index (χ4v) is 3.70. The second kappa shape index (κ2) is 8.89. The zero-order valence-electron chi connectivity index (χ0n) is 14.2. The highest BCUT2D eigenvalue weighted by molar-refractivity contribution is 7.89. The van der Waals surface area contributed by atoms with Gasteiger partial charge in [-0.15, -0.1) is 0 Å².